The summed E-state index contributed by atoms with van der Waals surface area (Å²) < 4.78 is 1.85. The summed E-state index contributed by atoms with van der Waals surface area (Å²) in [5.41, 5.74) is 0. The van der Waals surface area contributed by atoms with Crippen LogP contribution in [0, 0.1) is 0 Å². The molecular formula is C17H29N5O2. The first-order chi connectivity index (χ1) is 11.4. The molecule has 0 saturated carbocycles. The molecule has 3 atom stereocenters. The van der Waals surface area contributed by atoms with Gasteiger partial charge in [-0.2, -0.15) is 5.10 Å². The highest BCUT2D eigenvalue weighted by atomic mass is 16.2. The average Bonchev–Trinajstić information content (AvgIpc) is 3.01. The van der Waals surface area contributed by atoms with Crippen molar-refractivity contribution in [3.05, 3.63) is 12.3 Å². The number of carbonyl (C=O) groups excluding carboxylic acids is 2. The minimum absolute atomic E-state index is 0.0172. The average molecular weight is 335 g/mol. The standard InChI is InChI=1S/C17H29N5O2/c1-5-12(2)22-16(8-9-18-22)20-17(24)13(3)21-10-6-7-15(11-21)19-14(4)23/h8-9,12-13,15H,5-7,10-11H2,1-4H3,(H,19,23)(H,20,24). The molecule has 2 N–H and O–H groups in total. The Morgan fingerprint density at radius 1 is 1.42 bits per heavy atom. The van der Waals surface area contributed by atoms with Crippen LogP contribution in [0.5, 0.6) is 0 Å². The molecule has 2 heterocycles. The third-order valence-corrected chi connectivity index (χ3v) is 4.72. The minimum Gasteiger partial charge on any atom is -0.352 e. The summed E-state index contributed by atoms with van der Waals surface area (Å²) in [5.74, 6) is 0.677. The van der Waals surface area contributed by atoms with Gasteiger partial charge in [0, 0.05) is 25.6 Å². The molecule has 1 aromatic rings. The van der Waals surface area contributed by atoms with Crippen LogP contribution in [-0.2, 0) is 9.59 Å². The molecule has 1 aliphatic heterocycles. The van der Waals surface area contributed by atoms with Gasteiger partial charge in [-0.25, -0.2) is 4.68 Å². The molecular weight excluding hydrogens is 306 g/mol. The van der Waals surface area contributed by atoms with Crippen molar-refractivity contribution >= 4 is 17.6 Å². The largest absolute Gasteiger partial charge is 0.352 e. The maximum atomic E-state index is 12.6. The van der Waals surface area contributed by atoms with E-state index in [1.54, 1.807) is 6.20 Å². The number of nitrogens with zero attached hydrogens (tertiary/aromatic N) is 3. The Kier molecular flexibility index (Phi) is 6.36. The van der Waals surface area contributed by atoms with E-state index in [-0.39, 0.29) is 29.9 Å². The fraction of sp³-hybridized carbons (Fsp3) is 0.706. The Morgan fingerprint density at radius 2 is 2.17 bits per heavy atom. The molecule has 1 fully saturated rings. The zero-order valence-corrected chi connectivity index (χ0v) is 15.1. The van der Waals surface area contributed by atoms with Crippen molar-refractivity contribution in [1.82, 2.24) is 20.0 Å². The van der Waals surface area contributed by atoms with Gasteiger partial charge in [-0.15, -0.1) is 0 Å². The van der Waals surface area contributed by atoms with Gasteiger partial charge in [-0.1, -0.05) is 6.92 Å². The number of carbonyl (C=O) groups is 2. The Balaban J connectivity index is 1.97. The molecule has 1 aromatic heterocycles. The first kappa shape index (κ1) is 18.4. The highest BCUT2D eigenvalue weighted by molar-refractivity contribution is 5.93. The number of aromatic nitrogens is 2. The molecule has 24 heavy (non-hydrogen) atoms. The monoisotopic (exact) mass is 335 g/mol. The van der Waals surface area contributed by atoms with Gasteiger partial charge >= 0.3 is 0 Å². The van der Waals surface area contributed by atoms with Gasteiger partial charge in [-0.3, -0.25) is 14.5 Å². The molecule has 2 rings (SSSR count). The summed E-state index contributed by atoms with van der Waals surface area (Å²) in [6.07, 6.45) is 4.60. The maximum Gasteiger partial charge on any atom is 0.242 e. The molecule has 3 unspecified atom stereocenters. The van der Waals surface area contributed by atoms with Crippen molar-refractivity contribution in [2.24, 2.45) is 0 Å². The van der Waals surface area contributed by atoms with E-state index in [9.17, 15) is 9.59 Å². The predicted octanol–water partition coefficient (Wildman–Crippen LogP) is 1.78. The molecule has 0 spiro atoms. The second kappa shape index (κ2) is 8.28. The lowest BCUT2D eigenvalue weighted by molar-refractivity contribution is -0.121. The van der Waals surface area contributed by atoms with Gasteiger partial charge in [0.25, 0.3) is 0 Å². The van der Waals surface area contributed by atoms with E-state index in [1.807, 2.05) is 17.7 Å². The molecule has 134 valence electrons. The number of rotatable bonds is 6. The number of piperidine rings is 1. The predicted molar refractivity (Wildman–Crippen MR) is 93.7 cm³/mol. The van der Waals surface area contributed by atoms with Crippen molar-refractivity contribution in [2.45, 2.75) is 65.1 Å². The summed E-state index contributed by atoms with van der Waals surface area (Å²) in [5, 5.41) is 10.2. The van der Waals surface area contributed by atoms with E-state index >= 15 is 0 Å². The van der Waals surface area contributed by atoms with Crippen LogP contribution >= 0.6 is 0 Å². The molecule has 0 aliphatic carbocycles. The quantitative estimate of drug-likeness (QED) is 0.830. The zero-order chi connectivity index (χ0) is 17.7. The van der Waals surface area contributed by atoms with Crippen LogP contribution in [0.1, 0.15) is 53.0 Å². The second-order valence-corrected chi connectivity index (χ2v) is 6.62. The van der Waals surface area contributed by atoms with Gasteiger partial charge < -0.3 is 10.6 Å². The first-order valence-electron chi connectivity index (χ1n) is 8.77. The van der Waals surface area contributed by atoms with Crippen LogP contribution < -0.4 is 10.6 Å². The number of anilines is 1. The van der Waals surface area contributed by atoms with Crippen molar-refractivity contribution < 1.29 is 9.59 Å². The lowest BCUT2D eigenvalue weighted by Gasteiger charge is -2.36. The Hall–Kier alpha value is -1.89. The van der Waals surface area contributed by atoms with Crippen molar-refractivity contribution in [1.29, 1.82) is 0 Å². The van der Waals surface area contributed by atoms with E-state index in [1.165, 1.54) is 6.92 Å². The number of amides is 2. The van der Waals surface area contributed by atoms with E-state index in [2.05, 4.69) is 34.5 Å². The minimum atomic E-state index is -0.248. The Morgan fingerprint density at radius 3 is 2.83 bits per heavy atom. The smallest absolute Gasteiger partial charge is 0.242 e. The lowest BCUT2D eigenvalue weighted by Crippen LogP contribution is -2.52. The van der Waals surface area contributed by atoms with E-state index < -0.39 is 0 Å². The SMILES string of the molecule is CCC(C)n1nccc1NC(=O)C(C)N1CCCC(NC(C)=O)C1. The van der Waals surface area contributed by atoms with E-state index in [0.29, 0.717) is 6.54 Å². The fourth-order valence-corrected chi connectivity index (χ4v) is 3.10. The highest BCUT2D eigenvalue weighted by Crippen LogP contribution is 2.18. The third kappa shape index (κ3) is 4.56. The van der Waals surface area contributed by atoms with Crippen molar-refractivity contribution in [2.75, 3.05) is 18.4 Å². The molecule has 0 bridgehead atoms. The molecule has 0 aromatic carbocycles. The number of likely N-dealkylation sites (tertiary alicyclic amines) is 1. The zero-order valence-electron chi connectivity index (χ0n) is 15.1. The number of hydrogen-bond donors (Lipinski definition) is 2. The third-order valence-electron chi connectivity index (χ3n) is 4.72. The van der Waals surface area contributed by atoms with Crippen molar-refractivity contribution in [3.8, 4) is 0 Å². The number of hydrogen-bond acceptors (Lipinski definition) is 4. The first-order valence-corrected chi connectivity index (χ1v) is 8.77. The summed E-state index contributed by atoms with van der Waals surface area (Å²) in [7, 11) is 0. The lowest BCUT2D eigenvalue weighted by atomic mass is 10.0. The van der Waals surface area contributed by atoms with Gasteiger partial charge in [0.2, 0.25) is 11.8 Å². The van der Waals surface area contributed by atoms with E-state index in [0.717, 1.165) is 31.6 Å². The molecule has 1 aliphatic rings. The van der Waals surface area contributed by atoms with Crippen LogP contribution in [0.15, 0.2) is 12.3 Å². The van der Waals surface area contributed by atoms with Crippen molar-refractivity contribution in [3.63, 3.8) is 0 Å². The number of nitrogens with one attached hydrogen (secondary N) is 2. The van der Waals surface area contributed by atoms with Crippen LogP contribution in [0.25, 0.3) is 0 Å². The molecule has 0 radical (unpaired) electrons. The molecule has 7 heteroatoms. The highest BCUT2D eigenvalue weighted by Gasteiger charge is 2.28. The molecule has 1 saturated heterocycles. The van der Waals surface area contributed by atoms with Crippen LogP contribution in [0.4, 0.5) is 5.82 Å². The van der Waals surface area contributed by atoms with Gasteiger partial charge in [0.15, 0.2) is 0 Å². The normalized spacial score (nSPS) is 21.1. The summed E-state index contributed by atoms with van der Waals surface area (Å²) in [6, 6.07) is 1.94. The maximum absolute atomic E-state index is 12.6. The molecule has 7 nitrogen and oxygen atoms in total. The van der Waals surface area contributed by atoms with Crippen LogP contribution in [-0.4, -0.2) is 51.7 Å². The van der Waals surface area contributed by atoms with E-state index in [4.69, 9.17) is 0 Å². The van der Waals surface area contributed by atoms with Gasteiger partial charge in [0.05, 0.1) is 18.3 Å². The second-order valence-electron chi connectivity index (χ2n) is 6.62. The molecule has 2 amide bonds. The summed E-state index contributed by atoms with van der Waals surface area (Å²) >= 11 is 0. The Labute approximate surface area is 143 Å². The van der Waals surface area contributed by atoms with Crippen LogP contribution in [0.2, 0.25) is 0 Å². The summed E-state index contributed by atoms with van der Waals surface area (Å²) in [6.45, 7) is 9.19. The fourth-order valence-electron chi connectivity index (χ4n) is 3.10. The Bertz CT molecular complexity index is 571. The van der Waals surface area contributed by atoms with Gasteiger partial charge in [0.1, 0.15) is 5.82 Å². The van der Waals surface area contributed by atoms with Gasteiger partial charge in [-0.05, 0) is 39.7 Å². The topological polar surface area (TPSA) is 79.3 Å². The van der Waals surface area contributed by atoms with Crippen LogP contribution in [0.3, 0.4) is 0 Å². The summed E-state index contributed by atoms with van der Waals surface area (Å²) in [4.78, 5) is 26.0.